The molecule has 1 rings (SSSR count). The Labute approximate surface area is 186 Å². The molecular weight excluding hydrogens is 486 g/mol. The summed E-state index contributed by atoms with van der Waals surface area (Å²) in [6.07, 6.45) is 1.97. The van der Waals surface area contributed by atoms with Crippen molar-refractivity contribution in [2.24, 2.45) is 10.9 Å². The monoisotopic (exact) mass is 514 g/mol. The first kappa shape index (κ1) is 28.2. The summed E-state index contributed by atoms with van der Waals surface area (Å²) in [6.45, 7) is 3.19. The number of hydrazone groups is 1. The number of hydrogen-bond acceptors (Lipinski definition) is 8. The minimum Gasteiger partial charge on any atom is -0.371 e. The second kappa shape index (κ2) is 10.9. The van der Waals surface area contributed by atoms with Gasteiger partial charge in [-0.05, 0) is 32.0 Å². The van der Waals surface area contributed by atoms with E-state index >= 15 is 0 Å². The third kappa shape index (κ3) is 7.38. The molecule has 0 bridgehead atoms. The molecule has 16 heteroatoms. The van der Waals surface area contributed by atoms with Crippen LogP contribution < -0.4 is 10.7 Å². The summed E-state index contributed by atoms with van der Waals surface area (Å²) < 4.78 is 48.0. The van der Waals surface area contributed by atoms with Crippen molar-refractivity contribution in [3.8, 4) is 0 Å². The van der Waals surface area contributed by atoms with Crippen LogP contribution in [-0.4, -0.2) is 82.8 Å². The third-order valence-corrected chi connectivity index (χ3v) is 9.38. The van der Waals surface area contributed by atoms with Gasteiger partial charge in [0.2, 0.25) is 0 Å². The van der Waals surface area contributed by atoms with Gasteiger partial charge >= 0.3 is 15.2 Å². The smallest absolute Gasteiger partial charge is 0.342 e. The molecule has 6 N–H and O–H groups in total. The molecule has 1 aromatic rings. The standard InChI is InChI=1S/C16H28N4O9P2S/c1-4-19(5-2)13-7-6-12(10-14(13)32(3,28)29)16(21)20(9-8-18-17)11-15(30(22,23)24)31(25,26)27/h6-8,10,15H,4-5,9,11,17H2,1-3H3,(H2,22,23,24)(H2,25,26,27). The largest absolute Gasteiger partial charge is 0.371 e. The fourth-order valence-corrected chi connectivity index (χ4v) is 6.25. The quantitative estimate of drug-likeness (QED) is 0.115. The molecule has 0 saturated heterocycles. The van der Waals surface area contributed by atoms with Gasteiger partial charge in [0.25, 0.3) is 5.91 Å². The van der Waals surface area contributed by atoms with Crippen molar-refractivity contribution < 1.29 is 41.9 Å². The molecule has 32 heavy (non-hydrogen) atoms. The van der Waals surface area contributed by atoms with E-state index in [-0.39, 0.29) is 10.5 Å². The predicted molar refractivity (Wildman–Crippen MR) is 120 cm³/mol. The molecule has 13 nitrogen and oxygen atoms in total. The average Bonchev–Trinajstić information content (AvgIpc) is 2.66. The maximum Gasteiger partial charge on any atom is 0.342 e. The molecule has 0 aromatic heterocycles. The number of amides is 1. The lowest BCUT2D eigenvalue weighted by molar-refractivity contribution is 0.0783. The lowest BCUT2D eigenvalue weighted by atomic mass is 10.1. The minimum atomic E-state index is -5.32. The van der Waals surface area contributed by atoms with Crippen molar-refractivity contribution in [3.63, 3.8) is 0 Å². The van der Waals surface area contributed by atoms with Crippen LogP contribution in [0.2, 0.25) is 0 Å². The number of hydrogen-bond donors (Lipinski definition) is 5. The molecule has 0 aliphatic rings. The number of benzene rings is 1. The van der Waals surface area contributed by atoms with Crippen LogP contribution in [0, 0.1) is 0 Å². The van der Waals surface area contributed by atoms with E-state index in [1.807, 2.05) is 13.8 Å². The number of nitrogens with zero attached hydrogens (tertiary/aromatic N) is 3. The van der Waals surface area contributed by atoms with E-state index in [1.54, 1.807) is 4.90 Å². The summed E-state index contributed by atoms with van der Waals surface area (Å²) in [7, 11) is -14.4. The van der Waals surface area contributed by atoms with Gasteiger partial charge in [-0.2, -0.15) is 5.10 Å². The van der Waals surface area contributed by atoms with E-state index in [2.05, 4.69) is 5.10 Å². The van der Waals surface area contributed by atoms with E-state index < -0.39 is 49.4 Å². The molecule has 0 radical (unpaired) electrons. The molecule has 0 aliphatic heterocycles. The van der Waals surface area contributed by atoms with Crippen LogP contribution in [0.25, 0.3) is 0 Å². The summed E-state index contributed by atoms with van der Waals surface area (Å²) in [5.74, 6) is 4.10. The van der Waals surface area contributed by atoms with Crippen molar-refractivity contribution in [1.29, 1.82) is 0 Å². The Morgan fingerprint density at radius 3 is 2.09 bits per heavy atom. The van der Waals surface area contributed by atoms with Crippen molar-refractivity contribution >= 4 is 42.8 Å². The number of sulfone groups is 1. The zero-order chi connectivity index (χ0) is 24.9. The van der Waals surface area contributed by atoms with E-state index in [1.165, 1.54) is 12.1 Å². The fraction of sp³-hybridized carbons (Fsp3) is 0.500. The normalized spacial score (nSPS) is 13.0. The maximum absolute atomic E-state index is 13.0. The fourth-order valence-electron chi connectivity index (χ4n) is 2.94. The summed E-state index contributed by atoms with van der Waals surface area (Å²) in [6, 6.07) is 3.86. The van der Waals surface area contributed by atoms with Gasteiger partial charge < -0.3 is 35.2 Å². The highest BCUT2D eigenvalue weighted by Gasteiger charge is 2.45. The highest BCUT2D eigenvalue weighted by Crippen LogP contribution is 2.60. The van der Waals surface area contributed by atoms with Crippen LogP contribution in [0.3, 0.4) is 0 Å². The number of carbonyl (C=O) groups is 1. The molecule has 1 aromatic carbocycles. The molecule has 0 aliphatic carbocycles. The van der Waals surface area contributed by atoms with Crippen molar-refractivity contribution in [2.75, 3.05) is 37.3 Å². The first-order chi connectivity index (χ1) is 14.6. The second-order valence-electron chi connectivity index (χ2n) is 6.83. The lowest BCUT2D eigenvalue weighted by Crippen LogP contribution is -2.39. The molecule has 0 heterocycles. The van der Waals surface area contributed by atoms with Gasteiger partial charge in [-0.15, -0.1) is 0 Å². The molecule has 0 fully saturated rings. The van der Waals surface area contributed by atoms with Crippen LogP contribution >= 0.6 is 15.2 Å². The molecule has 0 saturated carbocycles. The zero-order valence-electron chi connectivity index (χ0n) is 17.8. The molecule has 1 amide bonds. The zero-order valence-corrected chi connectivity index (χ0v) is 20.4. The predicted octanol–water partition coefficient (Wildman–Crippen LogP) is 0.00450. The maximum atomic E-state index is 13.0. The SMILES string of the molecule is CCN(CC)c1ccc(C(=O)N(CC=NN)CC(P(=O)(O)O)P(=O)(O)O)cc1S(C)(=O)=O. The van der Waals surface area contributed by atoms with Gasteiger partial charge in [0.15, 0.2) is 15.2 Å². The number of anilines is 1. The highest BCUT2D eigenvalue weighted by atomic mass is 32.2. The summed E-state index contributed by atoms with van der Waals surface area (Å²) >= 11 is 0. The van der Waals surface area contributed by atoms with Gasteiger partial charge in [-0.25, -0.2) is 8.42 Å². The van der Waals surface area contributed by atoms with Crippen molar-refractivity contribution in [3.05, 3.63) is 23.8 Å². The Bertz CT molecular complexity index is 1030. The third-order valence-electron chi connectivity index (χ3n) is 4.57. The van der Waals surface area contributed by atoms with Crippen LogP contribution in [0.1, 0.15) is 24.2 Å². The minimum absolute atomic E-state index is 0.138. The Morgan fingerprint density at radius 2 is 1.69 bits per heavy atom. The first-order valence-corrected chi connectivity index (χ1v) is 14.5. The van der Waals surface area contributed by atoms with Crippen molar-refractivity contribution in [1.82, 2.24) is 4.90 Å². The van der Waals surface area contributed by atoms with E-state index in [0.717, 1.165) is 23.4 Å². The van der Waals surface area contributed by atoms with Gasteiger partial charge in [-0.1, -0.05) is 0 Å². The topological polar surface area (TPSA) is 211 Å². The number of nitrogens with two attached hydrogens (primary N) is 1. The van der Waals surface area contributed by atoms with Crippen LogP contribution in [0.15, 0.2) is 28.2 Å². The Morgan fingerprint density at radius 1 is 1.16 bits per heavy atom. The first-order valence-electron chi connectivity index (χ1n) is 9.28. The Kier molecular flexibility index (Phi) is 9.61. The van der Waals surface area contributed by atoms with Gasteiger partial charge in [0.05, 0.1) is 17.1 Å². The molecular formula is C16H28N4O9P2S. The highest BCUT2D eigenvalue weighted by molar-refractivity contribution is 7.90. The van der Waals surface area contributed by atoms with Gasteiger partial charge in [0.1, 0.15) is 0 Å². The number of carbonyl (C=O) groups excluding carboxylic acids is 1. The second-order valence-corrected chi connectivity index (χ2v) is 12.8. The molecule has 0 atom stereocenters. The molecule has 0 unspecified atom stereocenters. The van der Waals surface area contributed by atoms with Crippen LogP contribution in [0.5, 0.6) is 0 Å². The average molecular weight is 514 g/mol. The number of rotatable bonds is 11. The molecule has 0 spiro atoms. The van der Waals surface area contributed by atoms with Crippen LogP contribution in [-0.2, 0) is 19.0 Å². The van der Waals surface area contributed by atoms with Gasteiger partial charge in [-0.3, -0.25) is 13.9 Å². The Balaban J connectivity index is 3.54. The van der Waals surface area contributed by atoms with Gasteiger partial charge in [0, 0.05) is 37.7 Å². The molecule has 182 valence electrons. The Hall–Kier alpha value is -1.79. The van der Waals surface area contributed by atoms with E-state index in [4.69, 9.17) is 5.84 Å². The van der Waals surface area contributed by atoms with Crippen molar-refractivity contribution in [2.45, 2.75) is 24.1 Å². The summed E-state index contributed by atoms with van der Waals surface area (Å²) in [5.41, 5.74) is 0.203. The van der Waals surface area contributed by atoms with E-state index in [9.17, 15) is 41.9 Å². The lowest BCUT2D eigenvalue weighted by Gasteiger charge is -2.28. The van der Waals surface area contributed by atoms with Crippen LogP contribution in [0.4, 0.5) is 5.69 Å². The summed E-state index contributed by atoms with van der Waals surface area (Å²) in [4.78, 5) is 52.9. The van der Waals surface area contributed by atoms with E-state index in [0.29, 0.717) is 18.8 Å². The summed E-state index contributed by atoms with van der Waals surface area (Å²) in [5, 5.41) is 0.713.